The van der Waals surface area contributed by atoms with Crippen molar-refractivity contribution in [3.05, 3.63) is 72.4 Å². The average Bonchev–Trinajstić information content (AvgIpc) is 3.48. The van der Waals surface area contributed by atoms with Gasteiger partial charge in [-0.15, -0.1) is 0 Å². The zero-order valence-corrected chi connectivity index (χ0v) is 18.9. The lowest BCUT2D eigenvalue weighted by Gasteiger charge is -2.14. The first-order valence-corrected chi connectivity index (χ1v) is 11.9. The molecule has 1 amide bonds. The number of anilines is 1. The summed E-state index contributed by atoms with van der Waals surface area (Å²) in [4.78, 5) is 35.2. The first-order chi connectivity index (χ1) is 16.1. The van der Waals surface area contributed by atoms with Gasteiger partial charge < -0.3 is 25.7 Å². The largest absolute Gasteiger partial charge is 0.480 e. The highest BCUT2D eigenvalue weighted by molar-refractivity contribution is 7.98. The van der Waals surface area contributed by atoms with Crippen molar-refractivity contribution in [3.8, 4) is 11.1 Å². The van der Waals surface area contributed by atoms with Crippen molar-refractivity contribution in [1.29, 1.82) is 0 Å². The van der Waals surface area contributed by atoms with Crippen LogP contribution in [0.1, 0.15) is 22.6 Å². The summed E-state index contributed by atoms with van der Waals surface area (Å²) in [6, 6.07) is 14.5. The van der Waals surface area contributed by atoms with Gasteiger partial charge in [-0.2, -0.15) is 11.8 Å². The Labute approximate surface area is 195 Å². The van der Waals surface area contributed by atoms with Crippen LogP contribution in [-0.2, 0) is 11.3 Å². The Kier molecular flexibility index (Phi) is 6.99. The molecule has 0 spiro atoms. The molecule has 0 unspecified atom stereocenters. The van der Waals surface area contributed by atoms with E-state index in [0.717, 1.165) is 33.4 Å². The maximum absolute atomic E-state index is 13.2. The van der Waals surface area contributed by atoms with Gasteiger partial charge in [0.25, 0.3) is 5.91 Å². The van der Waals surface area contributed by atoms with Crippen LogP contribution >= 0.6 is 11.8 Å². The van der Waals surface area contributed by atoms with Gasteiger partial charge in [-0.25, -0.2) is 9.78 Å². The zero-order chi connectivity index (χ0) is 23.2. The number of aliphatic carboxylic acids is 1. The van der Waals surface area contributed by atoms with Gasteiger partial charge in [-0.05, 0) is 42.2 Å². The van der Waals surface area contributed by atoms with E-state index in [2.05, 4.69) is 25.6 Å². The number of imidazole rings is 1. The topological polar surface area (TPSA) is 123 Å². The van der Waals surface area contributed by atoms with Crippen LogP contribution in [-0.4, -0.2) is 50.0 Å². The number of carbonyl (C=O) groups excluding carboxylic acids is 1. The summed E-state index contributed by atoms with van der Waals surface area (Å²) in [5.41, 5.74) is 4.60. The van der Waals surface area contributed by atoms with Crippen LogP contribution in [0.2, 0.25) is 0 Å². The quantitative estimate of drug-likeness (QED) is 0.241. The van der Waals surface area contributed by atoms with E-state index in [1.807, 2.05) is 54.8 Å². The number of thioether (sulfide) groups is 1. The maximum atomic E-state index is 13.2. The third-order valence-electron chi connectivity index (χ3n) is 5.34. The summed E-state index contributed by atoms with van der Waals surface area (Å²) in [6.07, 6.45) is 5.65. The highest BCUT2D eigenvalue weighted by Gasteiger charge is 2.25. The van der Waals surface area contributed by atoms with E-state index in [9.17, 15) is 14.7 Å². The molecule has 170 valence electrons. The fourth-order valence-corrected chi connectivity index (χ4v) is 4.15. The molecule has 4 aromatic rings. The highest BCUT2D eigenvalue weighted by atomic mass is 32.2. The number of aromatic nitrogens is 3. The molecule has 1 atom stereocenters. The molecule has 33 heavy (non-hydrogen) atoms. The van der Waals surface area contributed by atoms with Crippen molar-refractivity contribution in [1.82, 2.24) is 20.3 Å². The third kappa shape index (κ3) is 5.20. The second-order valence-corrected chi connectivity index (χ2v) is 8.56. The molecular formula is C24H25N5O3S. The minimum atomic E-state index is -1.04. The second-order valence-electron chi connectivity index (χ2n) is 7.58. The number of hydrogen-bond acceptors (Lipinski definition) is 5. The summed E-state index contributed by atoms with van der Waals surface area (Å²) in [6.45, 7) is 0.583. The molecule has 0 bridgehead atoms. The van der Waals surface area contributed by atoms with Crippen molar-refractivity contribution in [2.24, 2.45) is 0 Å². The second kappa shape index (κ2) is 10.3. The molecule has 0 aliphatic carbocycles. The predicted molar refractivity (Wildman–Crippen MR) is 132 cm³/mol. The molecular weight excluding hydrogens is 438 g/mol. The summed E-state index contributed by atoms with van der Waals surface area (Å²) in [5.74, 6) is -0.841. The number of carboxylic acid groups (broad SMARTS) is 1. The maximum Gasteiger partial charge on any atom is 0.326 e. The van der Waals surface area contributed by atoms with Gasteiger partial charge in [-0.1, -0.05) is 30.3 Å². The first-order valence-electron chi connectivity index (χ1n) is 10.5. The average molecular weight is 464 g/mol. The van der Waals surface area contributed by atoms with E-state index in [4.69, 9.17) is 0 Å². The summed E-state index contributed by atoms with van der Waals surface area (Å²) in [7, 11) is 0. The Hall–Kier alpha value is -3.72. The van der Waals surface area contributed by atoms with Crippen LogP contribution in [0.3, 0.4) is 0 Å². The third-order valence-corrected chi connectivity index (χ3v) is 5.98. The standard InChI is InChI=1S/C24H25N5O3S/c1-33-10-9-20(24(31)32)29-23(30)22-21(15-5-3-2-4-6-15)18-11-16(7-8-19(18)28-22)26-13-17-12-25-14-27-17/h2-8,11-12,14,20,26,28H,9-10,13H2,1H3,(H,25,27)(H,29,30)(H,31,32)/t20-/m0/s1. The molecule has 0 saturated heterocycles. The molecule has 0 aliphatic heterocycles. The van der Waals surface area contributed by atoms with Gasteiger partial charge in [0.05, 0.1) is 18.6 Å². The Morgan fingerprint density at radius 3 is 2.70 bits per heavy atom. The fourth-order valence-electron chi connectivity index (χ4n) is 3.68. The molecule has 8 nitrogen and oxygen atoms in total. The number of fused-ring (bicyclic) bond motifs is 1. The van der Waals surface area contributed by atoms with Crippen LogP contribution < -0.4 is 10.6 Å². The first kappa shape index (κ1) is 22.5. The smallest absolute Gasteiger partial charge is 0.326 e. The van der Waals surface area contributed by atoms with Crippen molar-refractivity contribution in [3.63, 3.8) is 0 Å². The molecule has 0 aliphatic rings. The Bertz CT molecular complexity index is 1240. The number of carbonyl (C=O) groups is 2. The zero-order valence-electron chi connectivity index (χ0n) is 18.1. The Morgan fingerprint density at radius 2 is 2.00 bits per heavy atom. The summed E-state index contributed by atoms with van der Waals surface area (Å²) >= 11 is 1.54. The van der Waals surface area contributed by atoms with Crippen molar-refractivity contribution in [2.45, 2.75) is 19.0 Å². The fraction of sp³-hybridized carbons (Fsp3) is 0.208. The van der Waals surface area contributed by atoms with Crippen molar-refractivity contribution >= 4 is 40.2 Å². The number of rotatable bonds is 10. The number of H-pyrrole nitrogens is 2. The molecule has 5 N–H and O–H groups in total. The highest BCUT2D eigenvalue weighted by Crippen LogP contribution is 2.34. The van der Waals surface area contributed by atoms with Crippen LogP contribution in [0, 0.1) is 0 Å². The van der Waals surface area contributed by atoms with Crippen molar-refractivity contribution < 1.29 is 14.7 Å². The SMILES string of the molecule is CSCC[C@H](NC(=O)c1[nH]c2ccc(NCc3cnc[nH]3)cc2c1-c1ccccc1)C(=O)O. The lowest BCUT2D eigenvalue weighted by Crippen LogP contribution is -2.41. The molecule has 0 saturated carbocycles. The van der Waals surface area contributed by atoms with Gasteiger partial charge in [0.2, 0.25) is 0 Å². The van der Waals surface area contributed by atoms with E-state index in [1.54, 1.807) is 24.3 Å². The van der Waals surface area contributed by atoms with E-state index in [1.165, 1.54) is 0 Å². The van der Waals surface area contributed by atoms with Crippen molar-refractivity contribution in [2.75, 3.05) is 17.3 Å². The Balaban J connectivity index is 1.70. The number of nitrogens with one attached hydrogen (secondary N) is 4. The Morgan fingerprint density at radius 1 is 1.18 bits per heavy atom. The minimum absolute atomic E-state index is 0.345. The molecule has 2 aromatic heterocycles. The van der Waals surface area contributed by atoms with Crippen LogP contribution in [0.4, 0.5) is 5.69 Å². The van der Waals surface area contributed by atoms with E-state index in [-0.39, 0.29) is 0 Å². The number of nitrogens with zero attached hydrogens (tertiary/aromatic N) is 1. The molecule has 2 aromatic carbocycles. The van der Waals surface area contributed by atoms with E-state index in [0.29, 0.717) is 24.4 Å². The number of aromatic amines is 2. The van der Waals surface area contributed by atoms with Gasteiger partial charge in [0.15, 0.2) is 0 Å². The number of carboxylic acids is 1. The molecule has 2 heterocycles. The lowest BCUT2D eigenvalue weighted by molar-refractivity contribution is -0.139. The minimum Gasteiger partial charge on any atom is -0.480 e. The molecule has 0 radical (unpaired) electrons. The van der Waals surface area contributed by atoms with Crippen LogP contribution in [0.15, 0.2) is 61.1 Å². The van der Waals surface area contributed by atoms with Crippen LogP contribution in [0.5, 0.6) is 0 Å². The molecule has 0 fully saturated rings. The van der Waals surface area contributed by atoms with Gasteiger partial charge in [0, 0.05) is 28.4 Å². The lowest BCUT2D eigenvalue weighted by atomic mass is 10.0. The normalized spacial score (nSPS) is 11.9. The monoisotopic (exact) mass is 463 g/mol. The predicted octanol–water partition coefficient (Wildman–Crippen LogP) is 4.11. The van der Waals surface area contributed by atoms with Gasteiger partial charge >= 0.3 is 5.97 Å². The number of amides is 1. The molecule has 9 heteroatoms. The van der Waals surface area contributed by atoms with E-state index < -0.39 is 17.9 Å². The number of benzene rings is 2. The van der Waals surface area contributed by atoms with Gasteiger partial charge in [0.1, 0.15) is 11.7 Å². The number of hydrogen-bond donors (Lipinski definition) is 5. The molecule has 4 rings (SSSR count). The van der Waals surface area contributed by atoms with Gasteiger partial charge in [-0.3, -0.25) is 4.79 Å². The summed E-state index contributed by atoms with van der Waals surface area (Å²) in [5, 5.41) is 16.5. The van der Waals surface area contributed by atoms with Crippen LogP contribution in [0.25, 0.3) is 22.0 Å². The summed E-state index contributed by atoms with van der Waals surface area (Å²) < 4.78 is 0. The van der Waals surface area contributed by atoms with E-state index >= 15 is 0 Å².